The Hall–Kier alpha value is -2.25. The number of rotatable bonds is 5. The van der Waals surface area contributed by atoms with Crippen LogP contribution in [-0.4, -0.2) is 37.7 Å². The van der Waals surface area contributed by atoms with Gasteiger partial charge in [-0.25, -0.2) is 10.9 Å². The van der Waals surface area contributed by atoms with Crippen LogP contribution in [0.1, 0.15) is 47.8 Å². The first-order chi connectivity index (χ1) is 12.5. The predicted molar refractivity (Wildman–Crippen MR) is 97.9 cm³/mol. The van der Waals surface area contributed by atoms with E-state index in [2.05, 4.69) is 27.9 Å². The molecule has 138 valence electrons. The van der Waals surface area contributed by atoms with Gasteiger partial charge in [0.1, 0.15) is 6.04 Å². The summed E-state index contributed by atoms with van der Waals surface area (Å²) in [5.74, 6) is 0.180. The van der Waals surface area contributed by atoms with Crippen molar-refractivity contribution in [2.24, 2.45) is 7.05 Å². The van der Waals surface area contributed by atoms with Crippen LogP contribution in [0, 0.1) is 13.8 Å². The Morgan fingerprint density at radius 2 is 2.00 bits per heavy atom. The minimum absolute atomic E-state index is 0.134. The van der Waals surface area contributed by atoms with E-state index in [1.165, 1.54) is 5.56 Å². The molecule has 1 saturated carbocycles. The smallest absolute Gasteiger partial charge is 0.241 e. The van der Waals surface area contributed by atoms with Crippen LogP contribution in [0.15, 0.2) is 24.5 Å². The molecule has 2 fully saturated rings. The molecule has 2 aromatic rings. The molecule has 26 heavy (non-hydrogen) atoms. The molecule has 2 atom stereocenters. The number of hydrogen-bond donors (Lipinski definition) is 2. The summed E-state index contributed by atoms with van der Waals surface area (Å²) in [6, 6.07) is 4.28. The highest BCUT2D eigenvalue weighted by atomic mass is 16.2. The lowest BCUT2D eigenvalue weighted by Gasteiger charge is -2.25. The van der Waals surface area contributed by atoms with Gasteiger partial charge in [-0.05, 0) is 50.8 Å². The summed E-state index contributed by atoms with van der Waals surface area (Å²) in [4.78, 5) is 19.3. The number of nitrogens with zero attached hydrogens (tertiary/aromatic N) is 4. The van der Waals surface area contributed by atoms with Crippen molar-refractivity contribution in [1.82, 2.24) is 30.5 Å². The van der Waals surface area contributed by atoms with Crippen molar-refractivity contribution in [1.29, 1.82) is 0 Å². The molecule has 0 radical (unpaired) electrons. The Kier molecular flexibility index (Phi) is 4.50. The zero-order valence-corrected chi connectivity index (χ0v) is 15.6. The molecule has 2 aliphatic rings. The van der Waals surface area contributed by atoms with E-state index in [-0.39, 0.29) is 18.0 Å². The van der Waals surface area contributed by atoms with Gasteiger partial charge >= 0.3 is 0 Å². The van der Waals surface area contributed by atoms with Gasteiger partial charge in [-0.1, -0.05) is 0 Å². The summed E-state index contributed by atoms with van der Waals surface area (Å²) < 4.78 is 1.90. The van der Waals surface area contributed by atoms with E-state index in [9.17, 15) is 4.79 Å². The number of aromatic nitrogens is 3. The predicted octanol–water partition coefficient (Wildman–Crippen LogP) is 1.53. The van der Waals surface area contributed by atoms with E-state index in [4.69, 9.17) is 0 Å². The second kappa shape index (κ2) is 6.81. The van der Waals surface area contributed by atoms with Gasteiger partial charge < -0.3 is 4.90 Å². The lowest BCUT2D eigenvalue weighted by Crippen LogP contribution is -2.46. The van der Waals surface area contributed by atoms with E-state index in [0.717, 1.165) is 36.2 Å². The Morgan fingerprint density at radius 3 is 2.62 bits per heavy atom. The van der Waals surface area contributed by atoms with Gasteiger partial charge in [-0.15, -0.1) is 0 Å². The van der Waals surface area contributed by atoms with Crippen LogP contribution in [0.25, 0.3) is 0 Å². The summed E-state index contributed by atoms with van der Waals surface area (Å²) in [6.45, 7) is 4.74. The number of amides is 1. The van der Waals surface area contributed by atoms with Gasteiger partial charge in [-0.2, -0.15) is 5.10 Å². The average molecular weight is 354 g/mol. The lowest BCUT2D eigenvalue weighted by atomic mass is 10.0. The maximum absolute atomic E-state index is 13.2. The van der Waals surface area contributed by atoms with Crippen molar-refractivity contribution in [3.8, 4) is 0 Å². The second-order valence-corrected chi connectivity index (χ2v) is 7.38. The van der Waals surface area contributed by atoms with Crippen molar-refractivity contribution < 1.29 is 4.79 Å². The third-order valence-electron chi connectivity index (χ3n) is 5.57. The minimum Gasteiger partial charge on any atom is -0.334 e. The van der Waals surface area contributed by atoms with Crippen LogP contribution >= 0.6 is 0 Å². The second-order valence-electron chi connectivity index (χ2n) is 7.38. The number of aryl methyl sites for hydroxylation is 2. The van der Waals surface area contributed by atoms with E-state index >= 15 is 0 Å². The quantitative estimate of drug-likeness (QED) is 0.852. The Morgan fingerprint density at radius 1 is 1.27 bits per heavy atom. The molecule has 1 aliphatic carbocycles. The van der Waals surface area contributed by atoms with Crippen molar-refractivity contribution in [2.75, 3.05) is 0 Å². The fraction of sp³-hybridized carbons (Fsp3) is 0.526. The Labute approximate surface area is 153 Å². The molecular formula is C19H26N6O. The fourth-order valence-electron chi connectivity index (χ4n) is 3.72. The van der Waals surface area contributed by atoms with Crippen LogP contribution < -0.4 is 10.9 Å². The van der Waals surface area contributed by atoms with Crippen LogP contribution in [0.5, 0.6) is 0 Å². The van der Waals surface area contributed by atoms with Gasteiger partial charge in [0, 0.05) is 49.3 Å². The average Bonchev–Trinajstić information content (AvgIpc) is 3.31. The van der Waals surface area contributed by atoms with Gasteiger partial charge in [0.05, 0.1) is 5.69 Å². The Bertz CT molecular complexity index is 798. The molecule has 2 aromatic heterocycles. The molecule has 0 bridgehead atoms. The van der Waals surface area contributed by atoms with E-state index in [1.807, 2.05) is 35.7 Å². The van der Waals surface area contributed by atoms with Crippen molar-refractivity contribution in [2.45, 2.75) is 57.8 Å². The third-order valence-corrected chi connectivity index (χ3v) is 5.57. The number of nitrogens with one attached hydrogen (secondary N) is 2. The molecule has 1 aliphatic heterocycles. The highest BCUT2D eigenvalue weighted by Gasteiger charge is 2.39. The SMILES string of the molecule is Cc1nn(C)c(C)c1CN(C(=O)C1CC(c2ccncc2)NN1)C1CC1. The van der Waals surface area contributed by atoms with Crippen molar-refractivity contribution >= 4 is 5.91 Å². The van der Waals surface area contributed by atoms with E-state index in [0.29, 0.717) is 12.6 Å². The van der Waals surface area contributed by atoms with Crippen LogP contribution in [0.2, 0.25) is 0 Å². The first kappa shape index (κ1) is 17.2. The molecule has 4 rings (SSSR count). The summed E-state index contributed by atoms with van der Waals surface area (Å²) in [6.07, 6.45) is 6.51. The highest BCUT2D eigenvalue weighted by molar-refractivity contribution is 5.83. The van der Waals surface area contributed by atoms with Crippen molar-refractivity contribution in [3.63, 3.8) is 0 Å². The first-order valence-electron chi connectivity index (χ1n) is 9.25. The van der Waals surface area contributed by atoms with E-state index < -0.39 is 0 Å². The first-order valence-corrected chi connectivity index (χ1v) is 9.25. The lowest BCUT2D eigenvalue weighted by molar-refractivity contribution is -0.134. The number of carbonyl (C=O) groups is 1. The fourth-order valence-corrected chi connectivity index (χ4v) is 3.72. The van der Waals surface area contributed by atoms with Crippen LogP contribution in [0.4, 0.5) is 0 Å². The van der Waals surface area contributed by atoms with Crippen LogP contribution in [0.3, 0.4) is 0 Å². The summed E-state index contributed by atoms with van der Waals surface area (Å²) in [7, 11) is 1.96. The zero-order valence-electron chi connectivity index (χ0n) is 15.6. The summed E-state index contributed by atoms with van der Waals surface area (Å²) in [5, 5.41) is 4.50. The molecule has 0 spiro atoms. The minimum atomic E-state index is -0.203. The maximum atomic E-state index is 13.2. The molecular weight excluding hydrogens is 328 g/mol. The maximum Gasteiger partial charge on any atom is 0.241 e. The Balaban J connectivity index is 1.48. The molecule has 7 heteroatoms. The summed E-state index contributed by atoms with van der Waals surface area (Å²) >= 11 is 0. The number of hydrazine groups is 1. The van der Waals surface area contributed by atoms with Crippen LogP contribution in [-0.2, 0) is 18.4 Å². The van der Waals surface area contributed by atoms with Gasteiger partial charge in [0.25, 0.3) is 0 Å². The molecule has 7 nitrogen and oxygen atoms in total. The zero-order chi connectivity index (χ0) is 18.3. The van der Waals surface area contributed by atoms with E-state index in [1.54, 1.807) is 12.4 Å². The van der Waals surface area contributed by atoms with Gasteiger partial charge in [0.15, 0.2) is 0 Å². The normalized spacial score (nSPS) is 22.6. The molecule has 0 aromatic carbocycles. The van der Waals surface area contributed by atoms with Gasteiger partial charge in [-0.3, -0.25) is 14.5 Å². The molecule has 2 N–H and O–H groups in total. The van der Waals surface area contributed by atoms with Crippen molar-refractivity contribution in [3.05, 3.63) is 47.0 Å². The number of hydrogen-bond acceptors (Lipinski definition) is 5. The third kappa shape index (κ3) is 3.24. The monoisotopic (exact) mass is 354 g/mol. The largest absolute Gasteiger partial charge is 0.334 e. The highest BCUT2D eigenvalue weighted by Crippen LogP contribution is 2.32. The molecule has 1 amide bonds. The number of pyridine rings is 1. The molecule has 2 unspecified atom stereocenters. The topological polar surface area (TPSA) is 75.1 Å². The summed E-state index contributed by atoms with van der Waals surface area (Å²) in [5.41, 5.74) is 10.9. The van der Waals surface area contributed by atoms with Gasteiger partial charge in [0.2, 0.25) is 5.91 Å². The molecule has 1 saturated heterocycles. The molecule has 3 heterocycles. The number of carbonyl (C=O) groups excluding carboxylic acids is 1. The standard InChI is InChI=1S/C19H26N6O/c1-12-16(13(2)24(3)23-12)11-25(15-4-5-15)19(26)18-10-17(21-22-18)14-6-8-20-9-7-14/h6-9,15,17-18,21-22H,4-5,10-11H2,1-3H3.